The number of carbonyl (C=O) groups is 1. The van der Waals surface area contributed by atoms with Crippen LogP contribution in [0.1, 0.15) is 25.0 Å². The zero-order valence-electron chi connectivity index (χ0n) is 12.8. The van der Waals surface area contributed by atoms with Gasteiger partial charge in [0.25, 0.3) is 0 Å². The molecule has 0 aromatic heterocycles. The van der Waals surface area contributed by atoms with Gasteiger partial charge in [-0.25, -0.2) is 0 Å². The summed E-state index contributed by atoms with van der Waals surface area (Å²) in [6, 6.07) is 17.1. The number of ether oxygens (including phenoxy) is 3. The van der Waals surface area contributed by atoms with Crippen molar-refractivity contribution in [3.8, 4) is 11.5 Å². The van der Waals surface area contributed by atoms with Crippen molar-refractivity contribution in [2.24, 2.45) is 0 Å². The van der Waals surface area contributed by atoms with E-state index in [1.165, 1.54) is 6.92 Å². The molecule has 0 spiro atoms. The highest BCUT2D eigenvalue weighted by Gasteiger charge is 2.15. The van der Waals surface area contributed by atoms with Crippen molar-refractivity contribution in [2.75, 3.05) is 13.7 Å². The molecule has 0 saturated carbocycles. The lowest BCUT2D eigenvalue weighted by Gasteiger charge is -2.18. The molecule has 0 radical (unpaired) electrons. The summed E-state index contributed by atoms with van der Waals surface area (Å²) in [7, 11) is 1.62. The molecular formula is C18H20O4. The van der Waals surface area contributed by atoms with Gasteiger partial charge in [0.05, 0.1) is 13.7 Å². The van der Waals surface area contributed by atoms with Crippen molar-refractivity contribution in [1.29, 1.82) is 0 Å². The van der Waals surface area contributed by atoms with Crippen LogP contribution in [0.2, 0.25) is 0 Å². The summed E-state index contributed by atoms with van der Waals surface area (Å²) in [4.78, 5) is 11.3. The molecule has 4 nitrogen and oxygen atoms in total. The molecule has 0 aliphatic carbocycles. The molecular weight excluding hydrogens is 280 g/mol. The molecule has 0 amide bonds. The summed E-state index contributed by atoms with van der Waals surface area (Å²) in [5, 5.41) is 0. The number of para-hydroxylation sites is 1. The minimum absolute atomic E-state index is 0.305. The third-order valence-electron chi connectivity index (χ3n) is 3.19. The standard InChI is InChI=1S/C18H20O4/c1-14(19)22-18(15-8-10-16(20-2)11-9-15)12-13-21-17-6-4-3-5-7-17/h3-11,18H,12-13H2,1-2H3. The quantitative estimate of drug-likeness (QED) is 0.730. The Bertz CT molecular complexity index is 578. The first-order valence-electron chi connectivity index (χ1n) is 7.18. The number of carbonyl (C=O) groups excluding carboxylic acids is 1. The van der Waals surface area contributed by atoms with Crippen LogP contribution < -0.4 is 9.47 Å². The Balaban J connectivity index is 1.97. The Morgan fingerprint density at radius 3 is 2.27 bits per heavy atom. The predicted octanol–water partition coefficient (Wildman–Crippen LogP) is 3.77. The Hall–Kier alpha value is -2.49. The molecule has 0 heterocycles. The van der Waals surface area contributed by atoms with E-state index in [-0.39, 0.29) is 12.1 Å². The Labute approximate surface area is 130 Å². The fourth-order valence-corrected chi connectivity index (χ4v) is 2.11. The number of methoxy groups -OCH3 is 1. The minimum Gasteiger partial charge on any atom is -0.497 e. The second kappa shape index (κ2) is 8.08. The summed E-state index contributed by atoms with van der Waals surface area (Å²) >= 11 is 0. The molecule has 1 atom stereocenters. The first-order chi connectivity index (χ1) is 10.7. The number of hydrogen-bond donors (Lipinski definition) is 0. The summed E-state index contributed by atoms with van der Waals surface area (Å²) in [5.41, 5.74) is 0.924. The maximum atomic E-state index is 11.3. The summed E-state index contributed by atoms with van der Waals surface area (Å²) in [6.07, 6.45) is 0.257. The van der Waals surface area contributed by atoms with Gasteiger partial charge in [-0.3, -0.25) is 4.79 Å². The Morgan fingerprint density at radius 1 is 1.00 bits per heavy atom. The van der Waals surface area contributed by atoms with E-state index >= 15 is 0 Å². The molecule has 0 bridgehead atoms. The molecule has 0 aliphatic rings. The predicted molar refractivity (Wildman–Crippen MR) is 84.1 cm³/mol. The maximum absolute atomic E-state index is 11.3. The second-order valence-corrected chi connectivity index (χ2v) is 4.82. The highest BCUT2D eigenvalue weighted by Crippen LogP contribution is 2.24. The van der Waals surface area contributed by atoms with Gasteiger partial charge < -0.3 is 14.2 Å². The molecule has 1 unspecified atom stereocenters. The fourth-order valence-electron chi connectivity index (χ4n) is 2.11. The van der Waals surface area contributed by atoms with Gasteiger partial charge in [0.15, 0.2) is 0 Å². The van der Waals surface area contributed by atoms with Crippen molar-refractivity contribution >= 4 is 5.97 Å². The highest BCUT2D eigenvalue weighted by atomic mass is 16.5. The van der Waals surface area contributed by atoms with Crippen molar-refractivity contribution in [2.45, 2.75) is 19.4 Å². The van der Waals surface area contributed by atoms with E-state index in [2.05, 4.69) is 0 Å². The summed E-state index contributed by atoms with van der Waals surface area (Å²) < 4.78 is 16.2. The van der Waals surface area contributed by atoms with Crippen LogP contribution >= 0.6 is 0 Å². The lowest BCUT2D eigenvalue weighted by Crippen LogP contribution is -2.12. The smallest absolute Gasteiger partial charge is 0.303 e. The van der Waals surface area contributed by atoms with Crippen LogP contribution in [0.3, 0.4) is 0 Å². The van der Waals surface area contributed by atoms with E-state index in [0.717, 1.165) is 17.1 Å². The first kappa shape index (κ1) is 15.9. The lowest BCUT2D eigenvalue weighted by molar-refractivity contribution is -0.147. The van der Waals surface area contributed by atoms with E-state index in [4.69, 9.17) is 14.2 Å². The highest BCUT2D eigenvalue weighted by molar-refractivity contribution is 5.66. The van der Waals surface area contributed by atoms with E-state index in [1.54, 1.807) is 7.11 Å². The van der Waals surface area contributed by atoms with E-state index < -0.39 is 0 Å². The second-order valence-electron chi connectivity index (χ2n) is 4.82. The molecule has 0 N–H and O–H groups in total. The number of esters is 1. The van der Waals surface area contributed by atoms with Gasteiger partial charge in [-0.15, -0.1) is 0 Å². The molecule has 2 aromatic carbocycles. The van der Waals surface area contributed by atoms with E-state index in [1.807, 2.05) is 54.6 Å². The summed E-state index contributed by atoms with van der Waals surface area (Å²) in [6.45, 7) is 1.88. The fraction of sp³-hybridized carbons (Fsp3) is 0.278. The Morgan fingerprint density at radius 2 is 1.68 bits per heavy atom. The van der Waals surface area contributed by atoms with Gasteiger partial charge in [0.1, 0.15) is 17.6 Å². The Kier molecular flexibility index (Phi) is 5.83. The van der Waals surface area contributed by atoms with Crippen LogP contribution in [0, 0.1) is 0 Å². The zero-order valence-corrected chi connectivity index (χ0v) is 12.8. The summed E-state index contributed by atoms with van der Waals surface area (Å²) in [5.74, 6) is 1.27. The van der Waals surface area contributed by atoms with Crippen molar-refractivity contribution in [3.63, 3.8) is 0 Å². The monoisotopic (exact) mass is 300 g/mol. The van der Waals surface area contributed by atoms with Crippen molar-refractivity contribution < 1.29 is 19.0 Å². The van der Waals surface area contributed by atoms with Gasteiger partial charge in [0.2, 0.25) is 0 Å². The van der Waals surface area contributed by atoms with Crippen molar-refractivity contribution in [3.05, 3.63) is 60.2 Å². The molecule has 116 valence electrons. The number of benzene rings is 2. The first-order valence-corrected chi connectivity index (χ1v) is 7.18. The van der Waals surface area contributed by atoms with Gasteiger partial charge >= 0.3 is 5.97 Å². The largest absolute Gasteiger partial charge is 0.497 e. The molecule has 0 aliphatic heterocycles. The van der Waals surface area contributed by atoms with Crippen molar-refractivity contribution in [1.82, 2.24) is 0 Å². The van der Waals surface area contributed by atoms with Crippen LogP contribution in [-0.2, 0) is 9.53 Å². The molecule has 22 heavy (non-hydrogen) atoms. The van der Waals surface area contributed by atoms with Crippen LogP contribution in [0.15, 0.2) is 54.6 Å². The van der Waals surface area contributed by atoms with Crippen LogP contribution in [0.25, 0.3) is 0 Å². The molecule has 0 saturated heterocycles. The lowest BCUT2D eigenvalue weighted by atomic mass is 10.1. The normalized spacial score (nSPS) is 11.5. The van der Waals surface area contributed by atoms with Crippen LogP contribution in [-0.4, -0.2) is 19.7 Å². The minimum atomic E-state index is -0.327. The third kappa shape index (κ3) is 4.81. The molecule has 4 heteroatoms. The van der Waals surface area contributed by atoms with Gasteiger partial charge in [0, 0.05) is 13.3 Å². The van der Waals surface area contributed by atoms with E-state index in [0.29, 0.717) is 13.0 Å². The SMILES string of the molecule is COc1ccc(C(CCOc2ccccc2)OC(C)=O)cc1. The van der Waals surface area contributed by atoms with Crippen LogP contribution in [0.4, 0.5) is 0 Å². The van der Waals surface area contributed by atoms with E-state index in [9.17, 15) is 4.79 Å². The van der Waals surface area contributed by atoms with Gasteiger partial charge in [-0.1, -0.05) is 30.3 Å². The molecule has 2 aromatic rings. The zero-order chi connectivity index (χ0) is 15.8. The molecule has 0 fully saturated rings. The maximum Gasteiger partial charge on any atom is 0.303 e. The number of rotatable bonds is 7. The average Bonchev–Trinajstić information content (AvgIpc) is 2.55. The van der Waals surface area contributed by atoms with Gasteiger partial charge in [-0.05, 0) is 29.8 Å². The number of hydrogen-bond acceptors (Lipinski definition) is 4. The molecule has 2 rings (SSSR count). The topological polar surface area (TPSA) is 44.8 Å². The van der Waals surface area contributed by atoms with Crippen LogP contribution in [0.5, 0.6) is 11.5 Å². The third-order valence-corrected chi connectivity index (χ3v) is 3.19. The average molecular weight is 300 g/mol. The van der Waals surface area contributed by atoms with Gasteiger partial charge in [-0.2, -0.15) is 0 Å².